The van der Waals surface area contributed by atoms with Crippen LogP contribution in [0.1, 0.15) is 32.9 Å². The van der Waals surface area contributed by atoms with Crippen molar-refractivity contribution >= 4 is 33.3 Å². The zero-order chi connectivity index (χ0) is 19.1. The summed E-state index contributed by atoms with van der Waals surface area (Å²) >= 11 is 1.32. The van der Waals surface area contributed by atoms with Crippen molar-refractivity contribution in [3.05, 3.63) is 46.3 Å². The molecule has 0 N–H and O–H groups in total. The van der Waals surface area contributed by atoms with Gasteiger partial charge in [0, 0.05) is 23.5 Å². The Hall–Kier alpha value is -1.93. The molecular weight excluding hydrogens is 370 g/mol. The molecule has 0 bridgehead atoms. The van der Waals surface area contributed by atoms with Crippen molar-refractivity contribution < 1.29 is 13.2 Å². The molecule has 0 saturated carbocycles. The van der Waals surface area contributed by atoms with E-state index in [1.54, 1.807) is 18.2 Å². The van der Waals surface area contributed by atoms with Crippen molar-refractivity contribution in [2.24, 2.45) is 0 Å². The minimum atomic E-state index is -3.28. The third kappa shape index (κ3) is 3.76. The number of carbonyl (C=O) groups is 1. The van der Waals surface area contributed by atoms with Crippen LogP contribution in [-0.2, 0) is 16.4 Å². The largest absolute Gasteiger partial charge is 0.293 e. The summed E-state index contributed by atoms with van der Waals surface area (Å²) < 4.78 is 25.0. The van der Waals surface area contributed by atoms with Crippen molar-refractivity contribution in [3.8, 4) is 0 Å². The zero-order valence-electron chi connectivity index (χ0n) is 15.2. The Labute approximate surface area is 158 Å². The molecule has 8 heteroatoms. The van der Waals surface area contributed by atoms with Crippen LogP contribution in [0.25, 0.3) is 0 Å². The van der Waals surface area contributed by atoms with Gasteiger partial charge in [-0.05, 0) is 56.5 Å². The fourth-order valence-electron chi connectivity index (χ4n) is 2.91. The Bertz CT molecular complexity index is 964. The van der Waals surface area contributed by atoms with Crippen molar-refractivity contribution in [1.29, 1.82) is 0 Å². The lowest BCUT2D eigenvalue weighted by atomic mass is 10.1. The molecule has 0 aliphatic carbocycles. The molecule has 1 aliphatic heterocycles. The number of thioether (sulfide) groups is 1. The molecule has 0 amide bonds. The molecule has 1 aliphatic rings. The van der Waals surface area contributed by atoms with Gasteiger partial charge in [0.2, 0.25) is 10.0 Å². The van der Waals surface area contributed by atoms with Gasteiger partial charge in [0.05, 0.1) is 17.7 Å². The van der Waals surface area contributed by atoms with Crippen LogP contribution >= 0.6 is 11.8 Å². The first-order chi connectivity index (χ1) is 12.2. The van der Waals surface area contributed by atoms with E-state index in [1.807, 2.05) is 20.8 Å². The number of aromatic nitrogens is 2. The van der Waals surface area contributed by atoms with Gasteiger partial charge >= 0.3 is 0 Å². The number of hydrogen-bond donors (Lipinski definition) is 0. The summed E-state index contributed by atoms with van der Waals surface area (Å²) in [5.74, 6) is 0.228. The van der Waals surface area contributed by atoms with E-state index < -0.39 is 10.0 Å². The van der Waals surface area contributed by atoms with Crippen molar-refractivity contribution in [1.82, 2.24) is 9.97 Å². The summed E-state index contributed by atoms with van der Waals surface area (Å²) in [6, 6.07) is 5.21. The fourth-order valence-corrected chi connectivity index (χ4v) is 4.70. The van der Waals surface area contributed by atoms with E-state index in [2.05, 4.69) is 9.97 Å². The number of anilines is 1. The Morgan fingerprint density at radius 3 is 2.46 bits per heavy atom. The SMILES string of the molecule is Cc1nc(SCC(=O)c2ccc3c(c2)CCN3S(C)(=O)=O)nc(C)c1C. The molecule has 0 unspecified atom stereocenters. The predicted octanol–water partition coefficient (Wildman–Crippen LogP) is 2.70. The molecule has 0 fully saturated rings. The van der Waals surface area contributed by atoms with E-state index in [9.17, 15) is 13.2 Å². The van der Waals surface area contributed by atoms with E-state index in [-0.39, 0.29) is 11.5 Å². The molecule has 3 rings (SSSR count). The summed E-state index contributed by atoms with van der Waals surface area (Å²) in [4.78, 5) is 21.4. The number of ketones is 1. The average Bonchev–Trinajstić information content (AvgIpc) is 3.00. The summed E-state index contributed by atoms with van der Waals surface area (Å²) in [7, 11) is -3.28. The minimum absolute atomic E-state index is 0.0184. The van der Waals surface area contributed by atoms with Gasteiger partial charge in [-0.15, -0.1) is 0 Å². The van der Waals surface area contributed by atoms with E-state index in [0.29, 0.717) is 29.4 Å². The number of nitrogens with zero attached hydrogens (tertiary/aromatic N) is 3. The van der Waals surface area contributed by atoms with Crippen LogP contribution in [0.2, 0.25) is 0 Å². The molecule has 0 saturated heterocycles. The normalized spacial score (nSPS) is 13.8. The number of fused-ring (bicyclic) bond motifs is 1. The Morgan fingerprint density at radius 1 is 1.19 bits per heavy atom. The van der Waals surface area contributed by atoms with Gasteiger partial charge in [-0.2, -0.15) is 0 Å². The van der Waals surface area contributed by atoms with Crippen LogP contribution in [0.15, 0.2) is 23.4 Å². The molecule has 138 valence electrons. The fraction of sp³-hybridized carbons (Fsp3) is 0.389. The molecule has 26 heavy (non-hydrogen) atoms. The number of carbonyl (C=O) groups excluding carboxylic acids is 1. The van der Waals surface area contributed by atoms with Gasteiger partial charge in [-0.3, -0.25) is 9.10 Å². The van der Waals surface area contributed by atoms with E-state index in [4.69, 9.17) is 0 Å². The minimum Gasteiger partial charge on any atom is -0.293 e. The van der Waals surface area contributed by atoms with Gasteiger partial charge in [0.25, 0.3) is 0 Å². The van der Waals surface area contributed by atoms with Gasteiger partial charge in [-0.1, -0.05) is 11.8 Å². The maximum Gasteiger partial charge on any atom is 0.232 e. The molecule has 6 nitrogen and oxygen atoms in total. The van der Waals surface area contributed by atoms with Crippen LogP contribution in [0.3, 0.4) is 0 Å². The van der Waals surface area contributed by atoms with Crippen molar-refractivity contribution in [3.63, 3.8) is 0 Å². The summed E-state index contributed by atoms with van der Waals surface area (Å²) in [5, 5.41) is 0.600. The standard InChI is InChI=1S/C18H21N3O3S2/c1-11-12(2)19-18(20-13(11)3)25-10-17(22)15-5-6-16-14(9-15)7-8-21(16)26(4,23)24/h5-6,9H,7-8,10H2,1-4H3. The van der Waals surface area contributed by atoms with Crippen molar-refractivity contribution in [2.75, 3.05) is 22.9 Å². The first-order valence-corrected chi connectivity index (χ1v) is 11.1. The number of rotatable bonds is 5. The van der Waals surface area contributed by atoms with Gasteiger partial charge in [0.15, 0.2) is 10.9 Å². The highest BCUT2D eigenvalue weighted by Crippen LogP contribution is 2.31. The number of Topliss-reactive ketones (excluding diaryl/α,β-unsaturated/α-hetero) is 1. The highest BCUT2D eigenvalue weighted by Gasteiger charge is 2.26. The lowest BCUT2D eigenvalue weighted by molar-refractivity contribution is 0.102. The third-order valence-electron chi connectivity index (χ3n) is 4.60. The molecule has 1 aromatic heterocycles. The Balaban J connectivity index is 1.74. The van der Waals surface area contributed by atoms with E-state index >= 15 is 0 Å². The molecule has 0 atom stereocenters. The summed E-state index contributed by atoms with van der Waals surface area (Å²) in [5.41, 5.74) is 5.06. The van der Waals surface area contributed by atoms with E-state index in [1.165, 1.54) is 22.3 Å². The van der Waals surface area contributed by atoms with Crippen LogP contribution in [0.4, 0.5) is 5.69 Å². The van der Waals surface area contributed by atoms with Crippen LogP contribution in [0.5, 0.6) is 0 Å². The van der Waals surface area contributed by atoms with Gasteiger partial charge < -0.3 is 0 Å². The smallest absolute Gasteiger partial charge is 0.232 e. The molecular formula is C18H21N3O3S2. The topological polar surface area (TPSA) is 80.2 Å². The van der Waals surface area contributed by atoms with Crippen LogP contribution in [0, 0.1) is 20.8 Å². The first-order valence-electron chi connectivity index (χ1n) is 8.25. The molecule has 0 radical (unpaired) electrons. The summed E-state index contributed by atoms with van der Waals surface area (Å²) in [6.07, 6.45) is 1.82. The maximum absolute atomic E-state index is 12.5. The molecule has 2 aromatic rings. The van der Waals surface area contributed by atoms with Crippen LogP contribution < -0.4 is 4.31 Å². The van der Waals surface area contributed by atoms with E-state index in [0.717, 1.165) is 22.5 Å². The quantitative estimate of drug-likeness (QED) is 0.443. The molecule has 1 aromatic carbocycles. The number of benzene rings is 1. The Kier molecular flexibility index (Phi) is 5.07. The average molecular weight is 392 g/mol. The first kappa shape index (κ1) is 18.8. The zero-order valence-corrected chi connectivity index (χ0v) is 16.9. The van der Waals surface area contributed by atoms with Gasteiger partial charge in [-0.25, -0.2) is 18.4 Å². The number of aryl methyl sites for hydroxylation is 2. The van der Waals surface area contributed by atoms with Crippen molar-refractivity contribution in [2.45, 2.75) is 32.3 Å². The van der Waals surface area contributed by atoms with Gasteiger partial charge in [0.1, 0.15) is 0 Å². The monoisotopic (exact) mass is 391 g/mol. The highest BCUT2D eigenvalue weighted by molar-refractivity contribution is 7.99. The lowest BCUT2D eigenvalue weighted by Crippen LogP contribution is -2.27. The summed E-state index contributed by atoms with van der Waals surface area (Å²) in [6.45, 7) is 6.28. The second-order valence-electron chi connectivity index (χ2n) is 6.44. The second-order valence-corrected chi connectivity index (χ2v) is 9.29. The van der Waals surface area contributed by atoms with Crippen LogP contribution in [-0.4, -0.2) is 42.7 Å². The highest BCUT2D eigenvalue weighted by atomic mass is 32.2. The molecule has 0 spiro atoms. The second kappa shape index (κ2) is 7.00. The maximum atomic E-state index is 12.5. The predicted molar refractivity (Wildman–Crippen MR) is 104 cm³/mol. The number of sulfonamides is 1. The molecule has 2 heterocycles. The Morgan fingerprint density at radius 2 is 1.85 bits per heavy atom. The number of hydrogen-bond acceptors (Lipinski definition) is 6. The third-order valence-corrected chi connectivity index (χ3v) is 6.63. The lowest BCUT2D eigenvalue weighted by Gasteiger charge is -2.16.